The van der Waals surface area contributed by atoms with Crippen LogP contribution in [0.15, 0.2) is 18.2 Å². The van der Waals surface area contributed by atoms with Gasteiger partial charge in [-0.1, -0.05) is 12.1 Å². The van der Waals surface area contributed by atoms with Crippen LogP contribution in [-0.2, 0) is 16.0 Å². The van der Waals surface area contributed by atoms with E-state index in [1.165, 1.54) is 13.2 Å². The number of aromatic carboxylic acids is 1. The highest BCUT2D eigenvalue weighted by Gasteiger charge is 2.17. The molecule has 1 rings (SSSR count). The van der Waals surface area contributed by atoms with Crippen LogP contribution < -0.4 is 5.73 Å². The van der Waals surface area contributed by atoms with Gasteiger partial charge in [0.15, 0.2) is 0 Å². The summed E-state index contributed by atoms with van der Waals surface area (Å²) in [4.78, 5) is 22.1. The average molecular weight is 237 g/mol. The number of hydrogen-bond donors (Lipinski definition) is 2. The Morgan fingerprint density at radius 3 is 2.65 bits per heavy atom. The van der Waals surface area contributed by atoms with Gasteiger partial charge < -0.3 is 15.6 Å². The van der Waals surface area contributed by atoms with Gasteiger partial charge in [0.2, 0.25) is 0 Å². The van der Waals surface area contributed by atoms with Crippen LogP contribution in [0.25, 0.3) is 0 Å². The zero-order valence-corrected chi connectivity index (χ0v) is 9.77. The molecule has 0 unspecified atom stereocenters. The second kappa shape index (κ2) is 5.45. The van der Waals surface area contributed by atoms with Crippen molar-refractivity contribution in [2.24, 2.45) is 5.73 Å². The summed E-state index contributed by atoms with van der Waals surface area (Å²) in [5.41, 5.74) is 7.22. The van der Waals surface area contributed by atoms with Crippen molar-refractivity contribution in [2.75, 3.05) is 7.11 Å². The molecule has 0 bridgehead atoms. The molecule has 0 fully saturated rings. The van der Waals surface area contributed by atoms with E-state index < -0.39 is 18.0 Å². The molecular formula is C12H15NO4. The molecule has 0 radical (unpaired) electrons. The molecule has 1 aromatic rings. The van der Waals surface area contributed by atoms with Crippen LogP contribution in [0, 0.1) is 6.92 Å². The summed E-state index contributed by atoms with van der Waals surface area (Å²) in [6.45, 7) is 1.70. The summed E-state index contributed by atoms with van der Waals surface area (Å²) in [5, 5.41) is 8.96. The molecule has 0 aliphatic carbocycles. The molecule has 0 amide bonds. The number of carboxylic acids is 1. The number of carboxylic acid groups (broad SMARTS) is 1. The normalized spacial score (nSPS) is 11.9. The van der Waals surface area contributed by atoms with Gasteiger partial charge in [-0.15, -0.1) is 0 Å². The fraction of sp³-hybridized carbons (Fsp3) is 0.333. The number of esters is 1. The lowest BCUT2D eigenvalue weighted by Crippen LogP contribution is -2.34. The van der Waals surface area contributed by atoms with E-state index in [1.807, 2.05) is 0 Å². The number of hydrogen-bond acceptors (Lipinski definition) is 4. The molecule has 5 nitrogen and oxygen atoms in total. The first kappa shape index (κ1) is 13.2. The second-order valence-corrected chi connectivity index (χ2v) is 3.73. The first-order valence-corrected chi connectivity index (χ1v) is 5.12. The minimum absolute atomic E-state index is 0.222. The van der Waals surface area contributed by atoms with Crippen molar-refractivity contribution in [3.8, 4) is 0 Å². The Labute approximate surface area is 99.2 Å². The van der Waals surface area contributed by atoms with Gasteiger partial charge in [0.25, 0.3) is 0 Å². The van der Waals surface area contributed by atoms with Crippen molar-refractivity contribution in [2.45, 2.75) is 19.4 Å². The molecule has 0 spiro atoms. The maximum atomic E-state index is 11.2. The molecule has 3 N–H and O–H groups in total. The lowest BCUT2D eigenvalue weighted by atomic mass is 9.97. The smallest absolute Gasteiger partial charge is 0.335 e. The fourth-order valence-electron chi connectivity index (χ4n) is 1.61. The van der Waals surface area contributed by atoms with E-state index in [-0.39, 0.29) is 12.0 Å². The molecule has 0 aliphatic heterocycles. The molecule has 0 saturated heterocycles. The lowest BCUT2D eigenvalue weighted by molar-refractivity contribution is -0.142. The first-order chi connectivity index (χ1) is 7.97. The number of benzene rings is 1. The zero-order valence-electron chi connectivity index (χ0n) is 9.77. The van der Waals surface area contributed by atoms with Crippen LogP contribution >= 0.6 is 0 Å². The molecule has 1 aromatic carbocycles. The molecule has 0 aromatic heterocycles. The molecule has 5 heteroatoms. The molecule has 0 saturated carbocycles. The number of nitrogens with two attached hydrogens (primary N) is 1. The minimum atomic E-state index is -0.990. The zero-order chi connectivity index (χ0) is 13.0. The summed E-state index contributed by atoms with van der Waals surface area (Å²) in [6.07, 6.45) is 0.264. The standard InChI is InChI=1S/C12H15NO4/c1-7-8(6-10(13)12(16)17-2)4-3-5-9(7)11(14)15/h3-5,10H,6,13H2,1-2H3,(H,14,15)/t10-/m0/s1. The van der Waals surface area contributed by atoms with E-state index in [1.54, 1.807) is 19.1 Å². The van der Waals surface area contributed by atoms with Crippen molar-refractivity contribution < 1.29 is 19.4 Å². The predicted molar refractivity (Wildman–Crippen MR) is 61.8 cm³/mol. The highest BCUT2D eigenvalue weighted by molar-refractivity contribution is 5.89. The van der Waals surface area contributed by atoms with Gasteiger partial charge in [0.05, 0.1) is 12.7 Å². The topological polar surface area (TPSA) is 89.6 Å². The van der Waals surface area contributed by atoms with Crippen LogP contribution in [0.1, 0.15) is 21.5 Å². The maximum Gasteiger partial charge on any atom is 0.335 e. The van der Waals surface area contributed by atoms with Crippen LogP contribution in [0.4, 0.5) is 0 Å². The highest BCUT2D eigenvalue weighted by atomic mass is 16.5. The quantitative estimate of drug-likeness (QED) is 0.754. The van der Waals surface area contributed by atoms with Gasteiger partial charge in [-0.2, -0.15) is 0 Å². The van der Waals surface area contributed by atoms with Crippen molar-refractivity contribution >= 4 is 11.9 Å². The average Bonchev–Trinajstić information content (AvgIpc) is 2.30. The predicted octanol–water partition coefficient (Wildman–Crippen LogP) is 0.736. The Bertz CT molecular complexity index is 442. The third-order valence-electron chi connectivity index (χ3n) is 2.62. The van der Waals surface area contributed by atoms with Gasteiger partial charge in [-0.05, 0) is 30.5 Å². The largest absolute Gasteiger partial charge is 0.478 e. The van der Waals surface area contributed by atoms with Crippen LogP contribution in [-0.4, -0.2) is 30.2 Å². The van der Waals surface area contributed by atoms with E-state index >= 15 is 0 Å². The SMILES string of the molecule is COC(=O)[C@@H](N)Cc1cccc(C(=O)O)c1C. The molecule has 92 valence electrons. The number of methoxy groups -OCH3 is 1. The Kier molecular flexibility index (Phi) is 4.23. The molecule has 0 aliphatic rings. The van der Waals surface area contributed by atoms with Crippen LogP contribution in [0.3, 0.4) is 0 Å². The van der Waals surface area contributed by atoms with Crippen molar-refractivity contribution in [1.82, 2.24) is 0 Å². The van der Waals surface area contributed by atoms with Crippen molar-refractivity contribution in [3.63, 3.8) is 0 Å². The van der Waals surface area contributed by atoms with Crippen LogP contribution in [0.2, 0.25) is 0 Å². The minimum Gasteiger partial charge on any atom is -0.478 e. The Balaban J connectivity index is 2.96. The third kappa shape index (κ3) is 3.04. The van der Waals surface area contributed by atoms with Gasteiger partial charge in [-0.3, -0.25) is 4.79 Å². The van der Waals surface area contributed by atoms with Gasteiger partial charge in [-0.25, -0.2) is 4.79 Å². The number of rotatable bonds is 4. The monoisotopic (exact) mass is 237 g/mol. The summed E-state index contributed by atoms with van der Waals surface area (Å²) < 4.78 is 4.52. The second-order valence-electron chi connectivity index (χ2n) is 3.73. The number of carbonyl (C=O) groups is 2. The van der Waals surface area contributed by atoms with Crippen LogP contribution in [0.5, 0.6) is 0 Å². The van der Waals surface area contributed by atoms with Crippen molar-refractivity contribution in [1.29, 1.82) is 0 Å². The van der Waals surface area contributed by atoms with Gasteiger partial charge in [0, 0.05) is 0 Å². The molecule has 0 heterocycles. The lowest BCUT2D eigenvalue weighted by Gasteiger charge is -2.12. The molecule has 1 atom stereocenters. The van der Waals surface area contributed by atoms with E-state index in [0.29, 0.717) is 5.56 Å². The highest BCUT2D eigenvalue weighted by Crippen LogP contribution is 2.15. The summed E-state index contributed by atoms with van der Waals surface area (Å²) in [7, 11) is 1.27. The summed E-state index contributed by atoms with van der Waals surface area (Å²) >= 11 is 0. The molecular weight excluding hydrogens is 222 g/mol. The number of ether oxygens (including phenoxy) is 1. The number of carbonyl (C=O) groups excluding carboxylic acids is 1. The van der Waals surface area contributed by atoms with E-state index in [0.717, 1.165) is 5.56 Å². The Hall–Kier alpha value is -1.88. The summed E-state index contributed by atoms with van der Waals surface area (Å²) in [5.74, 6) is -1.50. The first-order valence-electron chi connectivity index (χ1n) is 5.12. The van der Waals surface area contributed by atoms with Crippen molar-refractivity contribution in [3.05, 3.63) is 34.9 Å². The van der Waals surface area contributed by atoms with E-state index in [9.17, 15) is 9.59 Å². The summed E-state index contributed by atoms with van der Waals surface area (Å²) in [6, 6.07) is 4.13. The van der Waals surface area contributed by atoms with Gasteiger partial charge >= 0.3 is 11.9 Å². The Morgan fingerprint density at radius 1 is 1.47 bits per heavy atom. The van der Waals surface area contributed by atoms with E-state index in [4.69, 9.17) is 10.8 Å². The van der Waals surface area contributed by atoms with Gasteiger partial charge in [0.1, 0.15) is 6.04 Å². The maximum absolute atomic E-state index is 11.2. The fourth-order valence-corrected chi connectivity index (χ4v) is 1.61. The Morgan fingerprint density at radius 2 is 2.12 bits per heavy atom. The van der Waals surface area contributed by atoms with E-state index in [2.05, 4.69) is 4.74 Å². The molecule has 17 heavy (non-hydrogen) atoms. The third-order valence-corrected chi connectivity index (χ3v) is 2.62.